The molecule has 0 atom stereocenters. The number of methoxy groups -OCH3 is 1. The number of halogens is 1. The number of benzene rings is 3. The minimum Gasteiger partial charge on any atom is -0.497 e. The molecule has 32 heavy (non-hydrogen) atoms. The van der Waals surface area contributed by atoms with Gasteiger partial charge in [0.05, 0.1) is 24.6 Å². The Balaban J connectivity index is 1.60. The number of nitrogens with zero attached hydrogens (tertiary/aromatic N) is 4. The minimum absolute atomic E-state index is 0.158. The van der Waals surface area contributed by atoms with Crippen LogP contribution >= 0.6 is 11.8 Å². The van der Waals surface area contributed by atoms with Crippen molar-refractivity contribution in [1.29, 1.82) is 0 Å². The molecule has 0 saturated heterocycles. The summed E-state index contributed by atoms with van der Waals surface area (Å²) in [5, 5.41) is 9.99. The van der Waals surface area contributed by atoms with Crippen LogP contribution in [0, 0.1) is 5.82 Å². The van der Waals surface area contributed by atoms with Gasteiger partial charge in [0.25, 0.3) is 5.56 Å². The number of para-hydroxylation sites is 1. The van der Waals surface area contributed by atoms with E-state index in [2.05, 4.69) is 10.2 Å². The van der Waals surface area contributed by atoms with Crippen LogP contribution in [0.4, 0.5) is 4.39 Å². The number of hydrogen-bond acceptors (Lipinski definition) is 5. The molecule has 2 heterocycles. The molecule has 0 radical (unpaired) electrons. The summed E-state index contributed by atoms with van der Waals surface area (Å²) in [6, 6.07) is 21.4. The lowest BCUT2D eigenvalue weighted by Gasteiger charge is -2.11. The zero-order valence-corrected chi connectivity index (χ0v) is 18.1. The second kappa shape index (κ2) is 8.47. The molecular weight excluding hydrogens is 427 g/mol. The van der Waals surface area contributed by atoms with Gasteiger partial charge in [0.2, 0.25) is 5.78 Å². The van der Waals surface area contributed by atoms with E-state index >= 15 is 0 Å². The average Bonchev–Trinajstić information content (AvgIpc) is 3.26. The van der Waals surface area contributed by atoms with Crippen LogP contribution in [-0.2, 0) is 12.3 Å². The van der Waals surface area contributed by atoms with Crippen LogP contribution in [0.2, 0.25) is 0 Å². The summed E-state index contributed by atoms with van der Waals surface area (Å²) in [5.41, 5.74) is 2.49. The number of fused-ring (bicyclic) bond motifs is 3. The van der Waals surface area contributed by atoms with Crippen molar-refractivity contribution in [3.05, 3.63) is 100 Å². The third kappa shape index (κ3) is 3.73. The fourth-order valence-corrected chi connectivity index (χ4v) is 4.54. The Morgan fingerprint density at radius 1 is 0.969 bits per heavy atom. The van der Waals surface area contributed by atoms with Crippen LogP contribution in [0.1, 0.15) is 11.1 Å². The fraction of sp³-hybridized carbons (Fsp3) is 0.125. The van der Waals surface area contributed by atoms with E-state index in [-0.39, 0.29) is 17.9 Å². The molecule has 160 valence electrons. The molecule has 0 aliphatic rings. The molecule has 5 rings (SSSR count). The van der Waals surface area contributed by atoms with Crippen LogP contribution in [0.15, 0.2) is 82.7 Å². The van der Waals surface area contributed by atoms with Gasteiger partial charge >= 0.3 is 0 Å². The molecule has 0 spiro atoms. The predicted molar refractivity (Wildman–Crippen MR) is 123 cm³/mol. The zero-order chi connectivity index (χ0) is 22.1. The molecule has 0 saturated carbocycles. The third-order valence-corrected chi connectivity index (χ3v) is 6.23. The summed E-state index contributed by atoms with van der Waals surface area (Å²) in [6.07, 6.45) is 0. The number of ether oxygens (including phenoxy) is 1. The highest BCUT2D eigenvalue weighted by atomic mass is 32.2. The summed E-state index contributed by atoms with van der Waals surface area (Å²) in [6.45, 7) is 0.270. The van der Waals surface area contributed by atoms with E-state index in [1.54, 1.807) is 29.9 Å². The molecule has 0 aliphatic carbocycles. The Morgan fingerprint density at radius 3 is 2.59 bits per heavy atom. The highest BCUT2D eigenvalue weighted by Gasteiger charge is 2.17. The molecule has 0 aliphatic heterocycles. The normalized spacial score (nSPS) is 11.3. The number of aromatic nitrogens is 4. The van der Waals surface area contributed by atoms with Gasteiger partial charge in [-0.15, -0.1) is 10.2 Å². The van der Waals surface area contributed by atoms with Gasteiger partial charge in [0, 0.05) is 5.75 Å². The molecule has 8 heteroatoms. The molecule has 0 bridgehead atoms. The minimum atomic E-state index is -0.316. The first-order valence-corrected chi connectivity index (χ1v) is 11.0. The number of thioether (sulfide) groups is 1. The first kappa shape index (κ1) is 20.3. The van der Waals surface area contributed by atoms with Crippen LogP contribution in [-0.4, -0.2) is 26.3 Å². The van der Waals surface area contributed by atoms with Crippen LogP contribution < -0.4 is 10.3 Å². The van der Waals surface area contributed by atoms with Crippen molar-refractivity contribution in [1.82, 2.24) is 19.2 Å². The van der Waals surface area contributed by atoms with E-state index in [1.165, 1.54) is 23.9 Å². The quantitative estimate of drug-likeness (QED) is 0.359. The Bertz CT molecular complexity index is 1480. The maximum absolute atomic E-state index is 13.3. The molecule has 5 aromatic rings. The Morgan fingerprint density at radius 2 is 1.78 bits per heavy atom. The second-order valence-corrected chi connectivity index (χ2v) is 8.24. The number of hydrogen-bond donors (Lipinski definition) is 0. The summed E-state index contributed by atoms with van der Waals surface area (Å²) >= 11 is 1.54. The number of rotatable bonds is 6. The van der Waals surface area contributed by atoms with Gasteiger partial charge in [-0.3, -0.25) is 13.8 Å². The van der Waals surface area contributed by atoms with Crippen molar-refractivity contribution < 1.29 is 9.13 Å². The highest BCUT2D eigenvalue weighted by molar-refractivity contribution is 7.98. The molecule has 0 fully saturated rings. The van der Waals surface area contributed by atoms with E-state index in [0.29, 0.717) is 22.1 Å². The van der Waals surface area contributed by atoms with E-state index in [4.69, 9.17) is 4.74 Å². The Hall–Kier alpha value is -3.65. The van der Waals surface area contributed by atoms with Crippen molar-refractivity contribution in [3.63, 3.8) is 0 Å². The van der Waals surface area contributed by atoms with Gasteiger partial charge < -0.3 is 4.74 Å². The molecule has 0 N–H and O–H groups in total. The third-order valence-electron chi connectivity index (χ3n) is 5.23. The first-order chi connectivity index (χ1) is 15.6. The van der Waals surface area contributed by atoms with Gasteiger partial charge in [-0.2, -0.15) is 0 Å². The Labute approximate surface area is 187 Å². The first-order valence-electron chi connectivity index (χ1n) is 10.0. The monoisotopic (exact) mass is 446 g/mol. The molecular formula is C24H19FN4O2S. The van der Waals surface area contributed by atoms with Crippen molar-refractivity contribution in [3.8, 4) is 5.75 Å². The summed E-state index contributed by atoms with van der Waals surface area (Å²) in [4.78, 5) is 13.3. The maximum Gasteiger partial charge on any atom is 0.263 e. The lowest BCUT2D eigenvalue weighted by atomic mass is 10.2. The van der Waals surface area contributed by atoms with Gasteiger partial charge in [-0.05, 0) is 47.5 Å². The molecule has 0 unspecified atom stereocenters. The summed E-state index contributed by atoms with van der Waals surface area (Å²) in [5.74, 6) is 1.60. The van der Waals surface area contributed by atoms with E-state index in [9.17, 15) is 9.18 Å². The molecule has 3 aromatic carbocycles. The van der Waals surface area contributed by atoms with Gasteiger partial charge in [0.1, 0.15) is 11.6 Å². The van der Waals surface area contributed by atoms with Gasteiger partial charge in [-0.25, -0.2) is 4.39 Å². The van der Waals surface area contributed by atoms with Crippen molar-refractivity contribution in [2.24, 2.45) is 0 Å². The summed E-state index contributed by atoms with van der Waals surface area (Å²) in [7, 11) is 1.64. The average molecular weight is 447 g/mol. The van der Waals surface area contributed by atoms with Crippen LogP contribution in [0.3, 0.4) is 0 Å². The van der Waals surface area contributed by atoms with Crippen molar-refractivity contribution >= 4 is 28.4 Å². The lowest BCUT2D eigenvalue weighted by molar-refractivity contribution is 0.414. The van der Waals surface area contributed by atoms with E-state index in [1.807, 2.05) is 46.9 Å². The lowest BCUT2D eigenvalue weighted by Crippen LogP contribution is -2.24. The van der Waals surface area contributed by atoms with Gasteiger partial charge in [0.15, 0.2) is 5.16 Å². The largest absolute Gasteiger partial charge is 0.497 e. The topological polar surface area (TPSA) is 61.4 Å². The predicted octanol–water partition coefficient (Wildman–Crippen LogP) is 4.53. The maximum atomic E-state index is 13.3. The standard InChI is InChI=1S/C24H19FN4O2S/c1-31-19-6-4-5-17(13-19)15-32-24-27-26-23-28(14-16-9-11-18(25)12-10-16)22(30)20-7-2-3-8-21(20)29(23)24/h2-13H,14-15H2,1H3. The summed E-state index contributed by atoms with van der Waals surface area (Å²) < 4.78 is 22.1. The molecule has 2 aromatic heterocycles. The van der Waals surface area contributed by atoms with E-state index in [0.717, 1.165) is 22.4 Å². The van der Waals surface area contributed by atoms with Gasteiger partial charge in [-0.1, -0.05) is 48.2 Å². The molecule has 6 nitrogen and oxygen atoms in total. The molecule has 0 amide bonds. The van der Waals surface area contributed by atoms with Crippen LogP contribution in [0.5, 0.6) is 5.75 Å². The van der Waals surface area contributed by atoms with Crippen LogP contribution in [0.25, 0.3) is 16.7 Å². The zero-order valence-electron chi connectivity index (χ0n) is 17.2. The second-order valence-electron chi connectivity index (χ2n) is 7.29. The van der Waals surface area contributed by atoms with Crippen molar-refractivity contribution in [2.75, 3.05) is 7.11 Å². The smallest absolute Gasteiger partial charge is 0.263 e. The SMILES string of the molecule is COc1cccc(CSc2nnc3n(Cc4ccc(F)cc4)c(=O)c4ccccc4n23)c1. The highest BCUT2D eigenvalue weighted by Crippen LogP contribution is 2.26. The fourth-order valence-electron chi connectivity index (χ4n) is 3.65. The van der Waals surface area contributed by atoms with E-state index < -0.39 is 0 Å². The Kier molecular flexibility index (Phi) is 5.36. The van der Waals surface area contributed by atoms with Crippen molar-refractivity contribution in [2.45, 2.75) is 17.5 Å².